The first-order valence-electron chi connectivity index (χ1n) is 7.48. The summed E-state index contributed by atoms with van der Waals surface area (Å²) in [6.07, 6.45) is 3.86. The normalized spacial score (nSPS) is 13.9. The molecule has 22 heavy (non-hydrogen) atoms. The Morgan fingerprint density at radius 3 is 2.86 bits per heavy atom. The van der Waals surface area contributed by atoms with Crippen molar-refractivity contribution in [2.75, 3.05) is 25.0 Å². The third-order valence-electron chi connectivity index (χ3n) is 3.64. The van der Waals surface area contributed by atoms with Gasteiger partial charge in [0.05, 0.1) is 17.8 Å². The third kappa shape index (κ3) is 4.99. The van der Waals surface area contributed by atoms with Crippen molar-refractivity contribution in [2.45, 2.75) is 31.7 Å². The summed E-state index contributed by atoms with van der Waals surface area (Å²) in [4.78, 5) is 14.4. The lowest BCUT2D eigenvalue weighted by molar-refractivity contribution is -0.117. The van der Waals surface area contributed by atoms with E-state index in [1.165, 1.54) is 0 Å². The first-order valence-corrected chi connectivity index (χ1v) is 7.86. The molecule has 1 saturated carbocycles. The second-order valence-corrected chi connectivity index (χ2v) is 5.92. The lowest BCUT2D eigenvalue weighted by Gasteiger charge is -2.21. The molecule has 0 unspecified atom stereocenters. The van der Waals surface area contributed by atoms with Gasteiger partial charge in [0, 0.05) is 17.7 Å². The van der Waals surface area contributed by atoms with Crippen LogP contribution in [0.5, 0.6) is 0 Å². The zero-order chi connectivity index (χ0) is 15.9. The molecular weight excluding hydrogens is 302 g/mol. The number of nitrogens with one attached hydrogen (secondary N) is 1. The average Bonchev–Trinajstić information content (AvgIpc) is 3.31. The van der Waals surface area contributed by atoms with Gasteiger partial charge in [-0.15, -0.1) is 0 Å². The molecule has 0 atom stereocenters. The van der Waals surface area contributed by atoms with Crippen molar-refractivity contribution >= 4 is 23.2 Å². The molecule has 0 radical (unpaired) electrons. The van der Waals surface area contributed by atoms with Crippen LogP contribution < -0.4 is 5.32 Å². The number of halogens is 1. The summed E-state index contributed by atoms with van der Waals surface area (Å²) in [5, 5.41) is 21.2. The number of nitriles is 1. The summed E-state index contributed by atoms with van der Waals surface area (Å²) in [5.41, 5.74) is 0.849. The summed E-state index contributed by atoms with van der Waals surface area (Å²) in [6, 6.07) is 7.33. The van der Waals surface area contributed by atoms with Crippen molar-refractivity contribution in [1.29, 1.82) is 5.26 Å². The maximum atomic E-state index is 12.2. The average molecular weight is 322 g/mol. The van der Waals surface area contributed by atoms with Crippen LogP contribution in [0, 0.1) is 11.3 Å². The van der Waals surface area contributed by atoms with Crippen molar-refractivity contribution in [3.05, 3.63) is 28.8 Å². The van der Waals surface area contributed by atoms with Crippen molar-refractivity contribution in [3.8, 4) is 6.07 Å². The van der Waals surface area contributed by atoms with Crippen LogP contribution in [0.3, 0.4) is 0 Å². The van der Waals surface area contributed by atoms with Gasteiger partial charge in [0.1, 0.15) is 6.07 Å². The van der Waals surface area contributed by atoms with Gasteiger partial charge in [0.25, 0.3) is 0 Å². The fraction of sp³-hybridized carbons (Fsp3) is 0.500. The van der Waals surface area contributed by atoms with E-state index >= 15 is 0 Å². The van der Waals surface area contributed by atoms with Crippen molar-refractivity contribution in [2.24, 2.45) is 0 Å². The number of aliphatic hydroxyl groups is 1. The molecule has 0 saturated heterocycles. The first kappa shape index (κ1) is 16.8. The van der Waals surface area contributed by atoms with E-state index in [0.717, 1.165) is 32.2 Å². The van der Waals surface area contributed by atoms with Crippen LogP contribution in [-0.2, 0) is 4.79 Å². The second-order valence-electron chi connectivity index (χ2n) is 5.48. The largest absolute Gasteiger partial charge is 0.396 e. The van der Waals surface area contributed by atoms with Gasteiger partial charge in [-0.1, -0.05) is 11.6 Å². The quantitative estimate of drug-likeness (QED) is 0.721. The van der Waals surface area contributed by atoms with Crippen LogP contribution in [0.2, 0.25) is 5.02 Å². The van der Waals surface area contributed by atoms with Gasteiger partial charge >= 0.3 is 0 Å². The molecule has 6 heteroatoms. The summed E-state index contributed by atoms with van der Waals surface area (Å²) in [6.45, 7) is 1.28. The highest BCUT2D eigenvalue weighted by Gasteiger charge is 2.29. The molecule has 1 aromatic carbocycles. The van der Waals surface area contributed by atoms with Crippen LogP contribution >= 0.6 is 11.6 Å². The zero-order valence-corrected chi connectivity index (χ0v) is 13.1. The molecular formula is C16H20ClN3O2. The molecule has 1 aromatic rings. The highest BCUT2D eigenvalue weighted by atomic mass is 35.5. The number of carbonyl (C=O) groups excluding carboxylic acids is 1. The van der Waals surface area contributed by atoms with E-state index in [9.17, 15) is 4.79 Å². The number of hydrogen-bond acceptors (Lipinski definition) is 4. The third-order valence-corrected chi connectivity index (χ3v) is 3.87. The fourth-order valence-electron chi connectivity index (χ4n) is 2.35. The Hall–Kier alpha value is -1.61. The number of hydrogen-bond donors (Lipinski definition) is 2. The van der Waals surface area contributed by atoms with E-state index in [2.05, 4.69) is 10.2 Å². The summed E-state index contributed by atoms with van der Waals surface area (Å²) < 4.78 is 0. The van der Waals surface area contributed by atoms with E-state index < -0.39 is 0 Å². The lowest BCUT2D eigenvalue weighted by Crippen LogP contribution is -2.35. The number of anilines is 1. The van der Waals surface area contributed by atoms with Crippen LogP contribution in [0.4, 0.5) is 5.69 Å². The second kappa shape index (κ2) is 8.14. The number of aliphatic hydroxyl groups excluding tert-OH is 1. The molecule has 0 spiro atoms. The minimum absolute atomic E-state index is 0.144. The molecule has 0 aromatic heterocycles. The van der Waals surface area contributed by atoms with E-state index in [0.29, 0.717) is 28.9 Å². The Kier molecular flexibility index (Phi) is 6.20. The number of amides is 1. The van der Waals surface area contributed by atoms with Gasteiger partial charge < -0.3 is 10.4 Å². The molecule has 5 nitrogen and oxygen atoms in total. The standard InChI is InChI=1S/C16H20ClN3O2/c17-13-4-3-12(10-18)15(9-13)19-16(22)11-20(14-5-6-14)7-1-2-8-21/h3-4,9,14,21H,1-2,5-8,11H2,(H,19,22). The molecule has 1 aliphatic carbocycles. The number of nitrogens with zero attached hydrogens (tertiary/aromatic N) is 2. The molecule has 2 N–H and O–H groups in total. The highest BCUT2D eigenvalue weighted by Crippen LogP contribution is 2.27. The number of carbonyl (C=O) groups is 1. The molecule has 1 fully saturated rings. The predicted molar refractivity (Wildman–Crippen MR) is 85.7 cm³/mol. The Bertz CT molecular complexity index is 567. The monoisotopic (exact) mass is 321 g/mol. The van der Waals surface area contributed by atoms with Gasteiger partial charge in [0.15, 0.2) is 0 Å². The minimum atomic E-state index is -0.144. The Balaban J connectivity index is 1.93. The molecule has 1 amide bonds. The van der Waals surface area contributed by atoms with Crippen molar-refractivity contribution in [3.63, 3.8) is 0 Å². The van der Waals surface area contributed by atoms with Crippen molar-refractivity contribution < 1.29 is 9.90 Å². The molecule has 1 aliphatic rings. The maximum absolute atomic E-state index is 12.2. The Morgan fingerprint density at radius 1 is 1.45 bits per heavy atom. The predicted octanol–water partition coefficient (Wildman–Crippen LogP) is 2.39. The Morgan fingerprint density at radius 2 is 2.23 bits per heavy atom. The van der Waals surface area contributed by atoms with E-state index in [1.807, 2.05) is 6.07 Å². The van der Waals surface area contributed by atoms with Crippen LogP contribution in [0.15, 0.2) is 18.2 Å². The van der Waals surface area contributed by atoms with Gasteiger partial charge in [-0.05, 0) is 50.4 Å². The van der Waals surface area contributed by atoms with E-state index in [-0.39, 0.29) is 12.5 Å². The maximum Gasteiger partial charge on any atom is 0.238 e. The lowest BCUT2D eigenvalue weighted by atomic mass is 10.2. The van der Waals surface area contributed by atoms with Crippen LogP contribution in [-0.4, -0.2) is 41.7 Å². The van der Waals surface area contributed by atoms with Gasteiger partial charge in [-0.25, -0.2) is 0 Å². The Labute approximate surface area is 135 Å². The smallest absolute Gasteiger partial charge is 0.238 e. The van der Waals surface area contributed by atoms with Gasteiger partial charge in [0.2, 0.25) is 5.91 Å². The molecule has 2 rings (SSSR count). The van der Waals surface area contributed by atoms with Crippen LogP contribution in [0.1, 0.15) is 31.2 Å². The summed E-state index contributed by atoms with van der Waals surface area (Å²) >= 11 is 5.91. The summed E-state index contributed by atoms with van der Waals surface area (Å²) in [5.74, 6) is -0.144. The van der Waals surface area contributed by atoms with Crippen LogP contribution in [0.25, 0.3) is 0 Å². The number of rotatable bonds is 8. The minimum Gasteiger partial charge on any atom is -0.396 e. The number of benzene rings is 1. The first-order chi connectivity index (χ1) is 10.6. The highest BCUT2D eigenvalue weighted by molar-refractivity contribution is 6.31. The fourth-order valence-corrected chi connectivity index (χ4v) is 2.52. The van der Waals surface area contributed by atoms with E-state index in [1.54, 1.807) is 18.2 Å². The van der Waals surface area contributed by atoms with E-state index in [4.69, 9.17) is 22.0 Å². The van der Waals surface area contributed by atoms with Crippen molar-refractivity contribution in [1.82, 2.24) is 4.90 Å². The summed E-state index contributed by atoms with van der Waals surface area (Å²) in [7, 11) is 0. The zero-order valence-electron chi connectivity index (χ0n) is 12.4. The number of unbranched alkanes of at least 4 members (excludes halogenated alkanes) is 1. The molecule has 0 aliphatic heterocycles. The topological polar surface area (TPSA) is 76.4 Å². The SMILES string of the molecule is N#Cc1ccc(Cl)cc1NC(=O)CN(CCCCO)C1CC1. The van der Waals surface area contributed by atoms with Gasteiger partial charge in [-0.2, -0.15) is 5.26 Å². The molecule has 0 bridgehead atoms. The molecule has 118 valence electrons. The molecule has 0 heterocycles. The van der Waals surface area contributed by atoms with Gasteiger partial charge in [-0.3, -0.25) is 9.69 Å².